The van der Waals surface area contributed by atoms with Crippen molar-refractivity contribution in [3.05, 3.63) is 0 Å². The van der Waals surface area contributed by atoms with Crippen LogP contribution in [0, 0.1) is 0 Å². The monoisotopic (exact) mass is 266 g/mol. The first-order valence-electron chi connectivity index (χ1n) is 2.81. The molecule has 0 radical (unpaired) electrons. The first-order chi connectivity index (χ1) is 4.06. The molecule has 0 aromatic heterocycles. The zero-order valence-corrected chi connectivity index (χ0v) is 18.6. The Balaban J connectivity index is -0.000000107. The van der Waals surface area contributed by atoms with Gasteiger partial charge in [0.2, 0.25) is 0 Å². The molecule has 0 amide bonds. The van der Waals surface area contributed by atoms with Crippen LogP contribution in [-0.4, -0.2) is 15.7 Å². The van der Waals surface area contributed by atoms with Crippen molar-refractivity contribution in [3.8, 4) is 0 Å². The van der Waals surface area contributed by atoms with Gasteiger partial charge in [0.15, 0.2) is 0 Å². The van der Waals surface area contributed by atoms with Gasteiger partial charge in [-0.15, -0.1) is 9.05 Å². The summed E-state index contributed by atoms with van der Waals surface area (Å²) in [5.41, 5.74) is 0. The van der Waals surface area contributed by atoms with Crippen LogP contribution in [0.3, 0.4) is 0 Å². The van der Waals surface area contributed by atoms with Crippen LogP contribution in [0.25, 0.3) is 0 Å². The second-order valence-corrected chi connectivity index (χ2v) is 2.99. The van der Waals surface area contributed by atoms with Gasteiger partial charge in [0.25, 0.3) is 0 Å². The third-order valence-electron chi connectivity index (χ3n) is 0.777. The van der Waals surface area contributed by atoms with E-state index < -0.39 is 9.05 Å². The normalized spacial score (nSPS) is 9.00. The topological polar surface area (TPSA) is 78.4 Å². The molecule has 0 saturated carbocycles. The smallest absolute Gasteiger partial charge is 0.861 e. The second kappa shape index (κ2) is 16.0. The standard InChI is InChI=1S/C4H9O4Si.3K/c1-2-3-4-8-9(5,6)7;;;/h2-4H2,1H3;;;/q-3;3*+1. The first kappa shape index (κ1) is 25.7. The van der Waals surface area contributed by atoms with Gasteiger partial charge in [-0.1, -0.05) is 13.3 Å². The predicted octanol–water partition coefficient (Wildman–Crippen LogP) is -11.7. The van der Waals surface area contributed by atoms with E-state index in [1.165, 1.54) is 0 Å². The van der Waals surface area contributed by atoms with Crippen LogP contribution in [0.1, 0.15) is 19.8 Å². The predicted molar refractivity (Wildman–Crippen MR) is 26.6 cm³/mol. The van der Waals surface area contributed by atoms with Crippen molar-refractivity contribution in [2.75, 3.05) is 6.61 Å². The van der Waals surface area contributed by atoms with Crippen LogP contribution >= 0.6 is 0 Å². The van der Waals surface area contributed by atoms with Gasteiger partial charge in [0.1, 0.15) is 0 Å². The third-order valence-corrected chi connectivity index (χ3v) is 1.33. The Morgan fingerprint density at radius 2 is 1.50 bits per heavy atom. The Hall–Kier alpha value is 4.97. The molecule has 0 saturated heterocycles. The van der Waals surface area contributed by atoms with Crippen LogP contribution < -0.4 is 169 Å². The van der Waals surface area contributed by atoms with E-state index in [0.29, 0.717) is 6.42 Å². The molecular weight excluding hydrogens is 257 g/mol. The Morgan fingerprint density at radius 3 is 1.75 bits per heavy atom. The Kier molecular flexibility index (Phi) is 34.2. The van der Waals surface area contributed by atoms with Crippen LogP contribution in [-0.2, 0) is 4.43 Å². The number of hydrogen-bond acceptors (Lipinski definition) is 4. The Morgan fingerprint density at radius 1 is 1.08 bits per heavy atom. The van der Waals surface area contributed by atoms with Gasteiger partial charge in [0, 0.05) is 6.61 Å². The summed E-state index contributed by atoms with van der Waals surface area (Å²) in [5.74, 6) is 0. The Labute approximate surface area is 202 Å². The van der Waals surface area contributed by atoms with Gasteiger partial charge in [0.05, 0.1) is 0 Å². The van der Waals surface area contributed by atoms with Crippen LogP contribution in [0.4, 0.5) is 0 Å². The van der Waals surface area contributed by atoms with Crippen molar-refractivity contribution < 1.29 is 173 Å². The van der Waals surface area contributed by atoms with E-state index in [1.807, 2.05) is 6.92 Å². The molecule has 0 atom stereocenters. The van der Waals surface area contributed by atoms with Gasteiger partial charge in [-0.25, -0.2) is 0 Å². The molecule has 0 bridgehead atoms. The summed E-state index contributed by atoms with van der Waals surface area (Å²) in [6, 6.07) is 0. The minimum absolute atomic E-state index is 0. The van der Waals surface area contributed by atoms with E-state index in [2.05, 4.69) is 4.43 Å². The molecule has 0 heterocycles. The fourth-order valence-corrected chi connectivity index (χ4v) is 0.736. The maximum Gasteiger partial charge on any atom is 1.00 e. The summed E-state index contributed by atoms with van der Waals surface area (Å²) in [7, 11) is -4.94. The quantitative estimate of drug-likeness (QED) is 0.374. The summed E-state index contributed by atoms with van der Waals surface area (Å²) < 4.78 is 3.94. The van der Waals surface area contributed by atoms with E-state index in [9.17, 15) is 14.4 Å². The number of hydrogen-bond donors (Lipinski definition) is 0. The minimum atomic E-state index is -4.94. The van der Waals surface area contributed by atoms with E-state index in [0.717, 1.165) is 6.42 Å². The molecule has 56 valence electrons. The Bertz CT molecular complexity index is 79.2. The molecule has 0 aliphatic rings. The molecule has 0 fully saturated rings. The summed E-state index contributed by atoms with van der Waals surface area (Å²) >= 11 is 0. The molecule has 0 aliphatic heterocycles. The van der Waals surface area contributed by atoms with Gasteiger partial charge >= 0.3 is 154 Å². The molecular formula is C4H9K3O4Si. The zero-order valence-electron chi connectivity index (χ0n) is 8.25. The summed E-state index contributed by atoms with van der Waals surface area (Å²) in [5, 5.41) is 0. The first-order valence-corrected chi connectivity index (χ1v) is 4.45. The molecule has 8 heteroatoms. The van der Waals surface area contributed by atoms with Gasteiger partial charge in [-0.2, -0.15) is 0 Å². The number of rotatable bonds is 4. The SMILES string of the molecule is CCCCO[Si]([O-])([O-])[O-].[K+].[K+].[K+]. The molecule has 12 heavy (non-hydrogen) atoms. The van der Waals surface area contributed by atoms with Crippen LogP contribution in [0.15, 0.2) is 0 Å². The van der Waals surface area contributed by atoms with Gasteiger partial charge in [-0.3, -0.25) is 0 Å². The van der Waals surface area contributed by atoms with Crippen molar-refractivity contribution in [1.82, 2.24) is 0 Å². The van der Waals surface area contributed by atoms with Crippen molar-refractivity contribution >= 4 is 9.05 Å². The van der Waals surface area contributed by atoms with Crippen molar-refractivity contribution in [1.29, 1.82) is 0 Å². The van der Waals surface area contributed by atoms with E-state index >= 15 is 0 Å². The maximum atomic E-state index is 9.78. The zero-order chi connectivity index (χ0) is 7.33. The molecule has 0 rings (SSSR count). The van der Waals surface area contributed by atoms with Crippen LogP contribution in [0.2, 0.25) is 0 Å². The molecule has 0 aromatic carbocycles. The van der Waals surface area contributed by atoms with Crippen molar-refractivity contribution in [2.45, 2.75) is 19.8 Å². The van der Waals surface area contributed by atoms with E-state index in [-0.39, 0.29) is 161 Å². The third kappa shape index (κ3) is 24.3. The van der Waals surface area contributed by atoms with Gasteiger partial charge < -0.3 is 18.8 Å². The maximum absolute atomic E-state index is 9.78. The summed E-state index contributed by atoms with van der Waals surface area (Å²) in [4.78, 5) is 29.4. The number of unbranched alkanes of at least 4 members (excludes halogenated alkanes) is 1. The molecule has 0 spiro atoms. The largest absolute Gasteiger partial charge is 1.00 e. The van der Waals surface area contributed by atoms with Gasteiger partial charge in [-0.05, 0) is 6.42 Å². The van der Waals surface area contributed by atoms with Crippen molar-refractivity contribution in [2.24, 2.45) is 0 Å². The van der Waals surface area contributed by atoms with Crippen LogP contribution in [0.5, 0.6) is 0 Å². The molecule has 0 aliphatic carbocycles. The minimum Gasteiger partial charge on any atom is -0.861 e. The second-order valence-electron chi connectivity index (χ2n) is 1.70. The summed E-state index contributed by atoms with van der Waals surface area (Å²) in [6.07, 6.45) is 1.44. The molecule has 0 unspecified atom stereocenters. The fourth-order valence-electron chi connectivity index (χ4n) is 0.342. The average Bonchev–Trinajstić information content (AvgIpc) is 1.63. The van der Waals surface area contributed by atoms with E-state index in [1.54, 1.807) is 0 Å². The van der Waals surface area contributed by atoms with Crippen molar-refractivity contribution in [3.63, 3.8) is 0 Å². The average molecular weight is 266 g/mol. The summed E-state index contributed by atoms with van der Waals surface area (Å²) in [6.45, 7) is 1.91. The van der Waals surface area contributed by atoms with E-state index in [4.69, 9.17) is 0 Å². The molecule has 4 nitrogen and oxygen atoms in total. The molecule has 0 aromatic rings. The fraction of sp³-hybridized carbons (Fsp3) is 1.00. The molecule has 0 N–H and O–H groups in total.